The summed E-state index contributed by atoms with van der Waals surface area (Å²) in [4.78, 5) is 26.1. The van der Waals surface area contributed by atoms with Crippen molar-refractivity contribution in [1.82, 2.24) is 0 Å². The number of aromatic carboxylic acids is 1. The minimum Gasteiger partial charge on any atom is -0.478 e. The van der Waals surface area contributed by atoms with Crippen LogP contribution in [0.3, 0.4) is 0 Å². The number of rotatable bonds is 5. The first-order chi connectivity index (χ1) is 15.1. The Kier molecular flexibility index (Phi) is 4.51. The Morgan fingerprint density at radius 3 is 2.59 bits per heavy atom. The zero-order valence-corrected chi connectivity index (χ0v) is 17.5. The maximum atomic E-state index is 13.3. The fourth-order valence-corrected chi connectivity index (χ4v) is 4.97. The van der Waals surface area contributed by atoms with Gasteiger partial charge in [0.15, 0.2) is 11.3 Å². The quantitative estimate of drug-likeness (QED) is 0.601. The first-order valence-electron chi connectivity index (χ1n) is 10.4. The summed E-state index contributed by atoms with van der Waals surface area (Å²) >= 11 is 0. The lowest BCUT2D eigenvalue weighted by molar-refractivity contribution is -0.170. The molecule has 8 heteroatoms. The summed E-state index contributed by atoms with van der Waals surface area (Å²) in [5.41, 5.74) is 2.04. The summed E-state index contributed by atoms with van der Waals surface area (Å²) < 4.78 is 32.7. The summed E-state index contributed by atoms with van der Waals surface area (Å²) in [5, 5.41) is 13.0. The lowest BCUT2D eigenvalue weighted by Crippen LogP contribution is -2.66. The summed E-state index contributed by atoms with van der Waals surface area (Å²) in [6, 6.07) is 11.6. The van der Waals surface area contributed by atoms with Crippen molar-refractivity contribution in [2.24, 2.45) is 5.41 Å². The van der Waals surface area contributed by atoms with Crippen LogP contribution in [0, 0.1) is 12.3 Å². The molecule has 1 saturated heterocycles. The van der Waals surface area contributed by atoms with E-state index in [0.717, 1.165) is 5.56 Å². The number of carbonyl (C=O) groups is 1. The number of hydrogen-bond donors (Lipinski definition) is 2. The van der Waals surface area contributed by atoms with Crippen molar-refractivity contribution in [3.8, 4) is 0 Å². The number of alkyl halides is 2. The number of anilines is 2. The van der Waals surface area contributed by atoms with Crippen LogP contribution >= 0.6 is 0 Å². The zero-order valence-electron chi connectivity index (χ0n) is 17.5. The number of para-hydroxylation sites is 1. The number of nitrogens with one attached hydrogen (secondary N) is 1. The third-order valence-electron chi connectivity index (χ3n) is 6.30. The van der Waals surface area contributed by atoms with Crippen molar-refractivity contribution < 1.29 is 23.1 Å². The third kappa shape index (κ3) is 3.49. The molecule has 0 unspecified atom stereocenters. The monoisotopic (exact) mass is 440 g/mol. The van der Waals surface area contributed by atoms with Gasteiger partial charge in [-0.25, -0.2) is 13.6 Å². The van der Waals surface area contributed by atoms with Crippen LogP contribution in [0.15, 0.2) is 51.7 Å². The summed E-state index contributed by atoms with van der Waals surface area (Å²) in [6.07, 6.45) is -0.239. The van der Waals surface area contributed by atoms with Crippen molar-refractivity contribution >= 4 is 28.5 Å². The lowest BCUT2D eigenvalue weighted by atomic mass is 9.61. The minimum absolute atomic E-state index is 0.119. The average Bonchev–Trinajstić information content (AvgIpc) is 2.68. The number of halogens is 2. The molecule has 1 aromatic heterocycles. The molecule has 32 heavy (non-hydrogen) atoms. The molecule has 2 aliphatic rings. The number of fused-ring (bicyclic) bond motifs is 1. The molecule has 166 valence electrons. The molecule has 0 bridgehead atoms. The molecule has 3 aromatic rings. The normalized spacial score (nSPS) is 18.3. The highest BCUT2D eigenvalue weighted by Gasteiger charge is 2.62. The summed E-state index contributed by atoms with van der Waals surface area (Å²) in [7, 11) is 0. The van der Waals surface area contributed by atoms with Crippen LogP contribution in [0.1, 0.15) is 34.3 Å². The second kappa shape index (κ2) is 7.05. The van der Waals surface area contributed by atoms with Crippen LogP contribution in [-0.2, 0) is 6.54 Å². The topological polar surface area (TPSA) is 82.8 Å². The number of carboxylic acids is 1. The number of aryl methyl sites for hydroxylation is 1. The molecule has 1 aliphatic heterocycles. The molecule has 5 rings (SSSR count). The molecule has 2 fully saturated rings. The number of hydrogen-bond acceptors (Lipinski definition) is 5. The van der Waals surface area contributed by atoms with Gasteiger partial charge in [-0.2, -0.15) is 0 Å². The molecule has 1 aliphatic carbocycles. The maximum absolute atomic E-state index is 13.3. The van der Waals surface area contributed by atoms with Gasteiger partial charge < -0.3 is 19.7 Å². The van der Waals surface area contributed by atoms with Gasteiger partial charge in [0.2, 0.25) is 5.92 Å². The Morgan fingerprint density at radius 1 is 1.19 bits per heavy atom. The lowest BCUT2D eigenvalue weighted by Gasteiger charge is -2.58. The fraction of sp³-hybridized carbons (Fsp3) is 0.333. The van der Waals surface area contributed by atoms with Gasteiger partial charge in [0, 0.05) is 55.2 Å². The van der Waals surface area contributed by atoms with E-state index in [1.807, 2.05) is 17.9 Å². The fourth-order valence-electron chi connectivity index (χ4n) is 4.97. The Labute approximate surface area is 182 Å². The Bertz CT molecular complexity index is 1280. The van der Waals surface area contributed by atoms with Gasteiger partial charge in [-0.1, -0.05) is 18.2 Å². The van der Waals surface area contributed by atoms with Gasteiger partial charge >= 0.3 is 5.97 Å². The first kappa shape index (κ1) is 20.5. The number of benzene rings is 2. The van der Waals surface area contributed by atoms with Gasteiger partial charge in [0.25, 0.3) is 0 Å². The molecule has 6 nitrogen and oxygen atoms in total. The van der Waals surface area contributed by atoms with E-state index >= 15 is 0 Å². The molecule has 2 heterocycles. The van der Waals surface area contributed by atoms with Crippen LogP contribution in [0.25, 0.3) is 11.0 Å². The van der Waals surface area contributed by atoms with Crippen molar-refractivity contribution in [3.63, 3.8) is 0 Å². The van der Waals surface area contributed by atoms with Crippen molar-refractivity contribution in [1.29, 1.82) is 0 Å². The van der Waals surface area contributed by atoms with E-state index in [0.29, 0.717) is 41.2 Å². The molecule has 1 spiro atoms. The van der Waals surface area contributed by atoms with E-state index in [4.69, 9.17) is 4.42 Å². The maximum Gasteiger partial charge on any atom is 0.337 e. The van der Waals surface area contributed by atoms with Gasteiger partial charge in [0.05, 0.1) is 10.9 Å². The van der Waals surface area contributed by atoms with Crippen LogP contribution in [-0.4, -0.2) is 30.1 Å². The van der Waals surface area contributed by atoms with E-state index in [2.05, 4.69) is 5.32 Å². The van der Waals surface area contributed by atoms with Crippen molar-refractivity contribution in [2.45, 2.75) is 32.2 Å². The predicted molar refractivity (Wildman–Crippen MR) is 117 cm³/mol. The van der Waals surface area contributed by atoms with Crippen molar-refractivity contribution in [3.05, 3.63) is 69.4 Å². The summed E-state index contributed by atoms with van der Waals surface area (Å²) in [6.45, 7) is 3.02. The van der Waals surface area contributed by atoms with Crippen molar-refractivity contribution in [2.75, 3.05) is 23.3 Å². The molecule has 0 amide bonds. The Balaban J connectivity index is 1.44. The number of nitrogens with zero attached hydrogens (tertiary/aromatic N) is 1. The third-order valence-corrected chi connectivity index (χ3v) is 6.30. The van der Waals surface area contributed by atoms with Gasteiger partial charge in [0.1, 0.15) is 5.58 Å². The molecule has 1 saturated carbocycles. The van der Waals surface area contributed by atoms with Crippen LogP contribution in [0.5, 0.6) is 0 Å². The van der Waals surface area contributed by atoms with E-state index in [1.165, 1.54) is 12.1 Å². The first-order valence-corrected chi connectivity index (χ1v) is 10.4. The smallest absolute Gasteiger partial charge is 0.337 e. The van der Waals surface area contributed by atoms with E-state index in [1.54, 1.807) is 24.3 Å². The average molecular weight is 440 g/mol. The molecular weight excluding hydrogens is 418 g/mol. The Morgan fingerprint density at radius 2 is 1.91 bits per heavy atom. The van der Waals surface area contributed by atoms with Crippen LogP contribution in [0.4, 0.5) is 20.4 Å². The molecular formula is C24H22F2N2O4. The molecule has 0 atom stereocenters. The SMILES string of the molecule is Cc1cc(CNc2ccccc2C(=O)O)c2oc(N3CC4(C3)CC(F)(F)C4)cc(=O)c2c1. The largest absolute Gasteiger partial charge is 0.478 e. The second-order valence-corrected chi connectivity index (χ2v) is 9.02. The zero-order chi connectivity index (χ0) is 22.7. The highest BCUT2D eigenvalue weighted by atomic mass is 19.3. The van der Waals surface area contributed by atoms with E-state index in [-0.39, 0.29) is 35.8 Å². The minimum atomic E-state index is -2.58. The van der Waals surface area contributed by atoms with Gasteiger partial charge in [-0.15, -0.1) is 0 Å². The number of carboxylic acid groups (broad SMARTS) is 1. The molecule has 2 N–H and O–H groups in total. The second-order valence-electron chi connectivity index (χ2n) is 9.02. The Hall–Kier alpha value is -3.42. The highest BCUT2D eigenvalue weighted by Crippen LogP contribution is 2.57. The summed E-state index contributed by atoms with van der Waals surface area (Å²) in [5.74, 6) is -3.25. The standard InChI is InChI=1S/C24H22F2N2O4/c1-14-6-15(9-27-18-5-3-2-4-16(18)22(30)31)21-17(7-14)19(29)8-20(32-21)28-12-23(13-28)10-24(25,26)11-23/h2-8,27H,9-13H2,1H3,(H,30,31). The highest BCUT2D eigenvalue weighted by molar-refractivity contribution is 5.94. The molecule has 2 aromatic carbocycles. The predicted octanol–water partition coefficient (Wildman–Crippen LogP) is 4.65. The molecule has 0 radical (unpaired) electrons. The van der Waals surface area contributed by atoms with E-state index in [9.17, 15) is 23.5 Å². The van der Waals surface area contributed by atoms with Crippen LogP contribution < -0.4 is 15.6 Å². The van der Waals surface area contributed by atoms with Gasteiger partial charge in [-0.3, -0.25) is 4.79 Å². The van der Waals surface area contributed by atoms with E-state index < -0.39 is 11.9 Å². The van der Waals surface area contributed by atoms with Crippen LogP contribution in [0.2, 0.25) is 0 Å². The van der Waals surface area contributed by atoms with Gasteiger partial charge in [-0.05, 0) is 30.7 Å².